The molecule has 1 aliphatic rings. The summed E-state index contributed by atoms with van der Waals surface area (Å²) in [6.45, 7) is 2.07. The lowest BCUT2D eigenvalue weighted by Gasteiger charge is -2.18. The van der Waals surface area contributed by atoms with Crippen LogP contribution < -0.4 is 5.32 Å². The van der Waals surface area contributed by atoms with Crippen LogP contribution in [0.3, 0.4) is 0 Å². The normalized spacial score (nSPS) is 18.4. The molecule has 0 heterocycles. The molecule has 5 heteroatoms. The average Bonchev–Trinajstić information content (AvgIpc) is 3.03. The molecular weight excluding hydrogens is 231 g/mol. The minimum absolute atomic E-state index is 0.188. The summed E-state index contributed by atoms with van der Waals surface area (Å²) in [4.78, 5) is 0. The predicted molar refractivity (Wildman–Crippen MR) is 60.9 cm³/mol. The van der Waals surface area contributed by atoms with Crippen molar-refractivity contribution in [3.63, 3.8) is 0 Å². The molecule has 17 heavy (non-hydrogen) atoms. The molecule has 1 unspecified atom stereocenters. The second-order valence-corrected chi connectivity index (χ2v) is 4.79. The van der Waals surface area contributed by atoms with Crippen molar-refractivity contribution in [1.82, 2.24) is 5.32 Å². The number of hydrogen-bond donors (Lipinski definition) is 1. The molecule has 0 aromatic rings. The molecule has 0 aliphatic heterocycles. The van der Waals surface area contributed by atoms with Gasteiger partial charge in [0, 0.05) is 12.6 Å². The quantitative estimate of drug-likeness (QED) is 0.637. The first-order valence-electron chi connectivity index (χ1n) is 6.39. The van der Waals surface area contributed by atoms with Crippen molar-refractivity contribution in [2.75, 3.05) is 19.8 Å². The van der Waals surface area contributed by atoms with E-state index in [2.05, 4.69) is 17.0 Å². The van der Waals surface area contributed by atoms with Crippen LogP contribution in [0.5, 0.6) is 0 Å². The molecule has 0 spiro atoms. The third-order valence-corrected chi connectivity index (χ3v) is 2.87. The number of hydrogen-bond acceptors (Lipinski definition) is 2. The first-order chi connectivity index (χ1) is 8.01. The summed E-state index contributed by atoms with van der Waals surface area (Å²) < 4.78 is 40.2. The number of rotatable bonds is 9. The van der Waals surface area contributed by atoms with Crippen LogP contribution in [-0.4, -0.2) is 32.0 Å². The van der Waals surface area contributed by atoms with Crippen molar-refractivity contribution in [3.8, 4) is 0 Å². The Bertz CT molecular complexity index is 204. The zero-order chi connectivity index (χ0) is 12.7. The second-order valence-electron chi connectivity index (χ2n) is 4.79. The topological polar surface area (TPSA) is 21.3 Å². The maximum Gasteiger partial charge on any atom is 0.411 e. The van der Waals surface area contributed by atoms with Crippen LogP contribution in [-0.2, 0) is 4.74 Å². The van der Waals surface area contributed by atoms with Crippen molar-refractivity contribution in [3.05, 3.63) is 0 Å². The molecule has 1 aliphatic carbocycles. The third-order valence-electron chi connectivity index (χ3n) is 2.87. The van der Waals surface area contributed by atoms with E-state index in [1.165, 1.54) is 12.8 Å². The van der Waals surface area contributed by atoms with Crippen LogP contribution >= 0.6 is 0 Å². The minimum Gasteiger partial charge on any atom is -0.372 e. The molecule has 1 N–H and O–H groups in total. The van der Waals surface area contributed by atoms with Crippen LogP contribution in [0.1, 0.15) is 39.0 Å². The largest absolute Gasteiger partial charge is 0.411 e. The van der Waals surface area contributed by atoms with Gasteiger partial charge in [-0.05, 0) is 31.7 Å². The highest BCUT2D eigenvalue weighted by Crippen LogP contribution is 2.34. The standard InChI is InChI=1S/C12H22F3NO/c1-2-6-16-11(8-10-3-4-10)5-7-17-9-12(13,14)15/h10-11,16H,2-9H2,1H3. The van der Waals surface area contributed by atoms with Gasteiger partial charge in [0.2, 0.25) is 0 Å². The van der Waals surface area contributed by atoms with Crippen molar-refractivity contribution in [1.29, 1.82) is 0 Å². The number of nitrogens with one attached hydrogen (secondary N) is 1. The molecule has 0 aromatic carbocycles. The van der Waals surface area contributed by atoms with Crippen LogP contribution in [0.4, 0.5) is 13.2 Å². The van der Waals surface area contributed by atoms with E-state index in [0.29, 0.717) is 12.5 Å². The molecule has 1 saturated carbocycles. The molecule has 0 radical (unpaired) electrons. The molecule has 0 aromatic heterocycles. The monoisotopic (exact) mass is 253 g/mol. The van der Waals surface area contributed by atoms with E-state index in [1.807, 2.05) is 0 Å². The smallest absolute Gasteiger partial charge is 0.372 e. The van der Waals surface area contributed by atoms with Crippen LogP contribution in [0.2, 0.25) is 0 Å². The van der Waals surface area contributed by atoms with Gasteiger partial charge in [0.05, 0.1) is 0 Å². The van der Waals surface area contributed by atoms with Crippen molar-refractivity contribution in [2.45, 2.75) is 51.2 Å². The lowest BCUT2D eigenvalue weighted by molar-refractivity contribution is -0.174. The number of alkyl halides is 3. The van der Waals surface area contributed by atoms with Gasteiger partial charge >= 0.3 is 6.18 Å². The molecule has 1 rings (SSSR count). The highest BCUT2D eigenvalue weighted by molar-refractivity contribution is 4.80. The van der Waals surface area contributed by atoms with Gasteiger partial charge in [0.1, 0.15) is 6.61 Å². The lowest BCUT2D eigenvalue weighted by Crippen LogP contribution is -2.32. The Morgan fingerprint density at radius 2 is 2.06 bits per heavy atom. The van der Waals surface area contributed by atoms with E-state index >= 15 is 0 Å². The van der Waals surface area contributed by atoms with Gasteiger partial charge < -0.3 is 10.1 Å². The number of halogens is 3. The Balaban J connectivity index is 2.09. The SMILES string of the molecule is CCCNC(CCOCC(F)(F)F)CC1CC1. The van der Waals surface area contributed by atoms with Crippen molar-refractivity contribution < 1.29 is 17.9 Å². The van der Waals surface area contributed by atoms with Crippen molar-refractivity contribution in [2.24, 2.45) is 5.92 Å². The molecule has 1 atom stereocenters. The highest BCUT2D eigenvalue weighted by atomic mass is 19.4. The Labute approximate surface area is 101 Å². The zero-order valence-electron chi connectivity index (χ0n) is 10.4. The fourth-order valence-electron chi connectivity index (χ4n) is 1.82. The zero-order valence-corrected chi connectivity index (χ0v) is 10.4. The van der Waals surface area contributed by atoms with Gasteiger partial charge in [-0.15, -0.1) is 0 Å². The Morgan fingerprint density at radius 3 is 2.59 bits per heavy atom. The van der Waals surface area contributed by atoms with E-state index in [1.54, 1.807) is 0 Å². The van der Waals surface area contributed by atoms with Gasteiger partial charge in [-0.1, -0.05) is 19.8 Å². The van der Waals surface area contributed by atoms with Gasteiger partial charge in [-0.2, -0.15) is 13.2 Å². The highest BCUT2D eigenvalue weighted by Gasteiger charge is 2.28. The van der Waals surface area contributed by atoms with E-state index in [4.69, 9.17) is 0 Å². The van der Waals surface area contributed by atoms with E-state index in [0.717, 1.165) is 25.3 Å². The fraction of sp³-hybridized carbons (Fsp3) is 1.00. The molecule has 1 fully saturated rings. The fourth-order valence-corrected chi connectivity index (χ4v) is 1.82. The second kappa shape index (κ2) is 7.21. The van der Waals surface area contributed by atoms with Crippen molar-refractivity contribution >= 4 is 0 Å². The first-order valence-corrected chi connectivity index (χ1v) is 6.39. The lowest BCUT2D eigenvalue weighted by atomic mass is 10.1. The summed E-state index contributed by atoms with van der Waals surface area (Å²) in [7, 11) is 0. The average molecular weight is 253 g/mol. The Morgan fingerprint density at radius 1 is 1.35 bits per heavy atom. The van der Waals surface area contributed by atoms with Crippen LogP contribution in [0.25, 0.3) is 0 Å². The number of ether oxygens (including phenoxy) is 1. The predicted octanol–water partition coefficient (Wildman–Crippen LogP) is 3.12. The van der Waals surface area contributed by atoms with E-state index in [9.17, 15) is 13.2 Å². The Kier molecular flexibility index (Phi) is 6.27. The maximum absolute atomic E-state index is 11.9. The summed E-state index contributed by atoms with van der Waals surface area (Å²) in [5.74, 6) is 0.784. The van der Waals surface area contributed by atoms with E-state index in [-0.39, 0.29) is 6.61 Å². The summed E-state index contributed by atoms with van der Waals surface area (Å²) in [6.07, 6.45) is 1.14. The van der Waals surface area contributed by atoms with Gasteiger partial charge in [-0.25, -0.2) is 0 Å². The molecule has 0 saturated heterocycles. The summed E-state index contributed by atoms with van der Waals surface area (Å²) in [6, 6.07) is 0.315. The van der Waals surface area contributed by atoms with E-state index < -0.39 is 12.8 Å². The summed E-state index contributed by atoms with van der Waals surface area (Å²) in [5, 5.41) is 3.38. The van der Waals surface area contributed by atoms with Crippen LogP contribution in [0, 0.1) is 5.92 Å². The Hall–Kier alpha value is -0.290. The summed E-state index contributed by atoms with van der Waals surface area (Å²) >= 11 is 0. The molecule has 0 bridgehead atoms. The van der Waals surface area contributed by atoms with Crippen LogP contribution in [0.15, 0.2) is 0 Å². The molecular formula is C12H22F3NO. The summed E-state index contributed by atoms with van der Waals surface area (Å²) in [5.41, 5.74) is 0. The third kappa shape index (κ3) is 8.44. The molecule has 0 amide bonds. The van der Waals surface area contributed by atoms with Gasteiger partial charge in [-0.3, -0.25) is 0 Å². The maximum atomic E-state index is 11.9. The molecule has 2 nitrogen and oxygen atoms in total. The van der Waals surface area contributed by atoms with Gasteiger partial charge in [0.25, 0.3) is 0 Å². The molecule has 102 valence electrons. The minimum atomic E-state index is -4.21. The first kappa shape index (κ1) is 14.8. The van der Waals surface area contributed by atoms with Gasteiger partial charge in [0.15, 0.2) is 0 Å².